The highest BCUT2D eigenvalue weighted by Gasteiger charge is 2.23. The predicted octanol–water partition coefficient (Wildman–Crippen LogP) is 5.02. The number of rotatable bonds is 4. The Morgan fingerprint density at radius 3 is 2.70 bits per heavy atom. The summed E-state index contributed by atoms with van der Waals surface area (Å²) in [6.45, 7) is 3.65. The van der Waals surface area contributed by atoms with Crippen molar-refractivity contribution < 1.29 is 9.18 Å². The van der Waals surface area contributed by atoms with Gasteiger partial charge in [-0.15, -0.1) is 0 Å². The number of carbonyl (C=O) groups excluding carboxylic acids is 1. The summed E-state index contributed by atoms with van der Waals surface area (Å²) in [5, 5.41) is 12.5. The molecule has 9 heteroatoms. The van der Waals surface area contributed by atoms with Crippen LogP contribution in [-0.2, 0) is 7.05 Å². The van der Waals surface area contributed by atoms with E-state index >= 15 is 0 Å². The molecular formula is C31H24FN7O. The van der Waals surface area contributed by atoms with Crippen LogP contribution < -0.4 is 5.32 Å². The molecule has 6 rings (SSSR count). The van der Waals surface area contributed by atoms with Gasteiger partial charge in [0.05, 0.1) is 34.7 Å². The second-order valence-electron chi connectivity index (χ2n) is 9.50. The minimum atomic E-state index is -0.486. The van der Waals surface area contributed by atoms with Crippen LogP contribution >= 0.6 is 0 Å². The third-order valence-electron chi connectivity index (χ3n) is 6.65. The van der Waals surface area contributed by atoms with Gasteiger partial charge in [0.15, 0.2) is 5.65 Å². The molecule has 196 valence electrons. The Kier molecular flexibility index (Phi) is 6.28. The molecule has 0 radical (unpaired) electrons. The van der Waals surface area contributed by atoms with Gasteiger partial charge in [0, 0.05) is 42.2 Å². The van der Waals surface area contributed by atoms with Crippen LogP contribution in [0.4, 0.5) is 4.39 Å². The van der Waals surface area contributed by atoms with Gasteiger partial charge in [-0.3, -0.25) is 9.48 Å². The summed E-state index contributed by atoms with van der Waals surface area (Å²) in [6.07, 6.45) is 6.94. The molecule has 0 unspecified atom stereocenters. The first-order valence-corrected chi connectivity index (χ1v) is 12.7. The Bertz CT molecular complexity index is 1960. The molecule has 0 saturated carbocycles. The monoisotopic (exact) mass is 529 g/mol. The van der Waals surface area contributed by atoms with Gasteiger partial charge in [-0.25, -0.2) is 18.9 Å². The van der Waals surface area contributed by atoms with Crippen LogP contribution in [0.3, 0.4) is 0 Å². The molecule has 0 saturated heterocycles. The highest BCUT2D eigenvalue weighted by Crippen LogP contribution is 2.32. The van der Waals surface area contributed by atoms with E-state index in [0.29, 0.717) is 22.6 Å². The molecule has 0 aliphatic heterocycles. The smallest absolute Gasteiger partial charge is 0.257 e. The van der Waals surface area contributed by atoms with E-state index in [9.17, 15) is 9.18 Å². The molecule has 4 heterocycles. The molecule has 0 aliphatic carbocycles. The van der Waals surface area contributed by atoms with Crippen LogP contribution in [0.5, 0.6) is 0 Å². The predicted molar refractivity (Wildman–Crippen MR) is 150 cm³/mol. The number of pyridine rings is 1. The maximum absolute atomic E-state index is 13.8. The van der Waals surface area contributed by atoms with Crippen molar-refractivity contribution in [3.8, 4) is 23.0 Å². The lowest BCUT2D eigenvalue weighted by Crippen LogP contribution is -2.28. The average Bonchev–Trinajstić information content (AvgIpc) is 3.52. The van der Waals surface area contributed by atoms with Crippen molar-refractivity contribution in [1.82, 2.24) is 34.7 Å². The molecule has 1 atom stereocenters. The van der Waals surface area contributed by atoms with Crippen molar-refractivity contribution in [1.29, 1.82) is 0 Å². The van der Waals surface area contributed by atoms with Gasteiger partial charge in [-0.2, -0.15) is 10.2 Å². The Balaban J connectivity index is 1.44. The summed E-state index contributed by atoms with van der Waals surface area (Å²) in [5.41, 5.74) is 5.98. The number of carbonyl (C=O) groups is 1. The molecular weight excluding hydrogens is 505 g/mol. The molecule has 1 amide bonds. The zero-order valence-corrected chi connectivity index (χ0v) is 22.1. The van der Waals surface area contributed by atoms with Gasteiger partial charge in [0.2, 0.25) is 0 Å². The van der Waals surface area contributed by atoms with E-state index < -0.39 is 6.04 Å². The fraction of sp³-hybridized carbons (Fsp3) is 0.129. The van der Waals surface area contributed by atoms with Crippen LogP contribution in [0.15, 0.2) is 79.4 Å². The minimum Gasteiger partial charge on any atom is -0.344 e. The maximum Gasteiger partial charge on any atom is 0.257 e. The van der Waals surface area contributed by atoms with Crippen molar-refractivity contribution in [3.63, 3.8) is 0 Å². The number of nitrogens with one attached hydrogen (secondary N) is 1. The maximum atomic E-state index is 13.8. The van der Waals surface area contributed by atoms with E-state index in [2.05, 4.69) is 32.3 Å². The van der Waals surface area contributed by atoms with Crippen molar-refractivity contribution >= 4 is 22.5 Å². The summed E-state index contributed by atoms with van der Waals surface area (Å²) in [4.78, 5) is 22.8. The van der Waals surface area contributed by atoms with E-state index in [1.807, 2.05) is 44.4 Å². The fourth-order valence-electron chi connectivity index (χ4n) is 4.74. The first kappa shape index (κ1) is 24.9. The van der Waals surface area contributed by atoms with Gasteiger partial charge >= 0.3 is 0 Å². The number of hydrogen-bond donors (Lipinski definition) is 1. The molecule has 0 bridgehead atoms. The first-order valence-electron chi connectivity index (χ1n) is 12.7. The van der Waals surface area contributed by atoms with Crippen molar-refractivity contribution in [2.24, 2.45) is 7.05 Å². The van der Waals surface area contributed by atoms with Crippen molar-refractivity contribution in [2.45, 2.75) is 19.9 Å². The Hall–Kier alpha value is -5.36. The Morgan fingerprint density at radius 1 is 1.10 bits per heavy atom. The summed E-state index contributed by atoms with van der Waals surface area (Å²) >= 11 is 0. The summed E-state index contributed by atoms with van der Waals surface area (Å²) in [7, 11) is 1.84. The van der Waals surface area contributed by atoms with Crippen LogP contribution in [0.2, 0.25) is 0 Å². The molecule has 0 aliphatic rings. The number of nitrogens with zero attached hydrogens (tertiary/aromatic N) is 6. The topological polar surface area (TPSA) is 90.0 Å². The van der Waals surface area contributed by atoms with Gasteiger partial charge < -0.3 is 5.32 Å². The highest BCUT2D eigenvalue weighted by atomic mass is 19.1. The molecule has 6 aromatic rings. The number of hydrogen-bond acceptors (Lipinski definition) is 5. The lowest BCUT2D eigenvalue weighted by Gasteiger charge is -2.19. The third kappa shape index (κ3) is 4.67. The summed E-state index contributed by atoms with van der Waals surface area (Å²) in [6, 6.07) is 15.3. The van der Waals surface area contributed by atoms with Crippen LogP contribution in [0, 0.1) is 24.6 Å². The number of benzene rings is 2. The van der Waals surface area contributed by atoms with Crippen molar-refractivity contribution in [2.75, 3.05) is 0 Å². The first-order chi connectivity index (χ1) is 19.4. The molecule has 0 fully saturated rings. The second-order valence-corrected chi connectivity index (χ2v) is 9.50. The molecule has 0 spiro atoms. The zero-order chi connectivity index (χ0) is 27.8. The lowest BCUT2D eigenvalue weighted by molar-refractivity contribution is 0.0940. The number of halogens is 1. The Morgan fingerprint density at radius 2 is 1.93 bits per heavy atom. The van der Waals surface area contributed by atoms with E-state index in [1.165, 1.54) is 12.1 Å². The standard InChI is InChI=1S/C31H24FN7O/c1-19-28(30-33-14-5-15-39(30)37-19)31(40)35-20(2)29-26(23-10-12-24(32)13-11-23)16-25-22(6-4-7-27(25)36-29)9-8-21-17-34-38(3)18-21/h4-7,10-18,20H,1-3H3,(H,35,40)/t20-/m0/s1. The van der Waals surface area contributed by atoms with Gasteiger partial charge in [-0.1, -0.05) is 30.0 Å². The van der Waals surface area contributed by atoms with E-state index in [1.54, 1.807) is 52.9 Å². The molecule has 40 heavy (non-hydrogen) atoms. The molecule has 4 aromatic heterocycles. The normalized spacial score (nSPS) is 11.8. The summed E-state index contributed by atoms with van der Waals surface area (Å²) in [5.74, 6) is 5.76. The average molecular weight is 530 g/mol. The largest absolute Gasteiger partial charge is 0.344 e. The van der Waals surface area contributed by atoms with Crippen LogP contribution in [-0.4, -0.2) is 35.3 Å². The number of fused-ring (bicyclic) bond motifs is 2. The van der Waals surface area contributed by atoms with E-state index in [-0.39, 0.29) is 11.7 Å². The lowest BCUT2D eigenvalue weighted by atomic mass is 9.96. The van der Waals surface area contributed by atoms with Gasteiger partial charge in [-0.05, 0) is 55.8 Å². The fourth-order valence-corrected chi connectivity index (χ4v) is 4.74. The minimum absolute atomic E-state index is 0.304. The number of aryl methyl sites for hydroxylation is 2. The SMILES string of the molecule is Cc1nn2cccnc2c1C(=O)N[C@@H](C)c1nc2cccc(C#Cc3cnn(C)c3)c2cc1-c1ccc(F)cc1. The number of aromatic nitrogens is 6. The van der Waals surface area contributed by atoms with Crippen molar-refractivity contribution in [3.05, 3.63) is 113 Å². The third-order valence-corrected chi connectivity index (χ3v) is 6.65. The second kappa shape index (κ2) is 10.1. The molecule has 1 N–H and O–H groups in total. The molecule has 2 aromatic carbocycles. The van der Waals surface area contributed by atoms with Gasteiger partial charge in [0.25, 0.3) is 5.91 Å². The van der Waals surface area contributed by atoms with E-state index in [0.717, 1.165) is 33.2 Å². The number of amides is 1. The quantitative estimate of drug-likeness (QED) is 0.324. The van der Waals surface area contributed by atoms with Crippen LogP contribution in [0.1, 0.15) is 45.8 Å². The molecule has 8 nitrogen and oxygen atoms in total. The van der Waals surface area contributed by atoms with Gasteiger partial charge in [0.1, 0.15) is 11.4 Å². The highest BCUT2D eigenvalue weighted by molar-refractivity contribution is 6.01. The Labute approximate surface area is 229 Å². The summed E-state index contributed by atoms with van der Waals surface area (Å²) < 4.78 is 17.1. The van der Waals surface area contributed by atoms with Crippen LogP contribution in [0.25, 0.3) is 27.7 Å². The zero-order valence-electron chi connectivity index (χ0n) is 22.1. The van der Waals surface area contributed by atoms with E-state index in [4.69, 9.17) is 4.98 Å².